The summed E-state index contributed by atoms with van der Waals surface area (Å²) in [6.45, 7) is 4.30. The number of piperazine rings is 1. The number of hydrogen-bond acceptors (Lipinski definition) is 4. The molecule has 0 saturated carbocycles. The third-order valence-corrected chi connectivity index (χ3v) is 7.15. The molecule has 0 unspecified atom stereocenters. The van der Waals surface area contributed by atoms with E-state index in [2.05, 4.69) is 39.5 Å². The van der Waals surface area contributed by atoms with Crippen molar-refractivity contribution in [2.75, 3.05) is 36.8 Å². The molecule has 1 fully saturated rings. The number of aromatic nitrogens is 1. The second-order valence-corrected chi connectivity index (χ2v) is 9.50. The number of thioether (sulfide) groups is 1. The van der Waals surface area contributed by atoms with Gasteiger partial charge in [0.05, 0.1) is 5.52 Å². The summed E-state index contributed by atoms with van der Waals surface area (Å²) in [6.07, 6.45) is 8.69. The smallest absolute Gasteiger partial charge is 0.136 e. The summed E-state index contributed by atoms with van der Waals surface area (Å²) in [5.74, 6) is -0.180. The maximum Gasteiger partial charge on any atom is 0.136 e. The molecule has 4 rings (SSSR count). The maximum atomic E-state index is 14.2. The van der Waals surface area contributed by atoms with Gasteiger partial charge in [-0.2, -0.15) is 0 Å². The number of aryl methyl sites for hydroxylation is 1. The minimum Gasteiger partial charge on any atom is -0.369 e. The first-order valence-corrected chi connectivity index (χ1v) is 12.6. The highest BCUT2D eigenvalue weighted by Crippen LogP contribution is 2.30. The molecule has 0 atom stereocenters. The molecule has 0 spiro atoms. The van der Waals surface area contributed by atoms with Crippen molar-refractivity contribution in [2.24, 2.45) is 0 Å². The number of nitrogens with one attached hydrogen (secondary N) is 1. The average molecular weight is 456 g/mol. The van der Waals surface area contributed by atoms with E-state index in [-0.39, 0.29) is 0 Å². The number of rotatable bonds is 10. The van der Waals surface area contributed by atoms with Gasteiger partial charge in [0.2, 0.25) is 0 Å². The summed E-state index contributed by atoms with van der Waals surface area (Å²) in [7, 11) is 0. The molecule has 2 heterocycles. The maximum absolute atomic E-state index is 14.2. The molecular formula is C26H31F2N3S. The topological polar surface area (TPSA) is 28.2 Å². The van der Waals surface area contributed by atoms with Crippen LogP contribution in [0.2, 0.25) is 0 Å². The van der Waals surface area contributed by atoms with E-state index in [9.17, 15) is 8.78 Å². The van der Waals surface area contributed by atoms with Gasteiger partial charge in [-0.15, -0.1) is 11.8 Å². The first kappa shape index (κ1) is 23.0. The summed E-state index contributed by atoms with van der Waals surface area (Å²) in [5.41, 5.74) is 3.13. The minimum atomic E-state index is -0.583. The van der Waals surface area contributed by atoms with Gasteiger partial charge < -0.3 is 10.2 Å². The number of anilines is 1. The molecule has 1 N–H and O–H groups in total. The van der Waals surface area contributed by atoms with Gasteiger partial charge in [0.1, 0.15) is 11.6 Å². The van der Waals surface area contributed by atoms with Crippen LogP contribution in [0.5, 0.6) is 0 Å². The molecule has 0 bridgehead atoms. The zero-order chi connectivity index (χ0) is 22.2. The Morgan fingerprint density at radius 1 is 0.906 bits per heavy atom. The Balaban J connectivity index is 1.12. The fourth-order valence-corrected chi connectivity index (χ4v) is 5.31. The van der Waals surface area contributed by atoms with E-state index in [0.717, 1.165) is 55.7 Å². The van der Waals surface area contributed by atoms with Crippen LogP contribution in [-0.2, 0) is 6.42 Å². The summed E-state index contributed by atoms with van der Waals surface area (Å²) < 4.78 is 27.6. The molecule has 32 heavy (non-hydrogen) atoms. The molecule has 0 radical (unpaired) electrons. The molecule has 0 aliphatic carbocycles. The highest BCUT2D eigenvalue weighted by Gasteiger charge is 2.11. The van der Waals surface area contributed by atoms with Crippen molar-refractivity contribution in [3.8, 4) is 0 Å². The predicted octanol–water partition coefficient (Wildman–Crippen LogP) is 6.21. The molecule has 2 aromatic carbocycles. The van der Waals surface area contributed by atoms with E-state index in [1.54, 1.807) is 18.0 Å². The van der Waals surface area contributed by atoms with Crippen LogP contribution >= 0.6 is 11.8 Å². The van der Waals surface area contributed by atoms with Gasteiger partial charge in [-0.05, 0) is 48.8 Å². The van der Waals surface area contributed by atoms with Crippen LogP contribution in [0.1, 0.15) is 37.7 Å². The van der Waals surface area contributed by atoms with E-state index in [1.165, 1.54) is 43.0 Å². The minimum absolute atomic E-state index is 0.383. The Hall–Kier alpha value is -2.18. The van der Waals surface area contributed by atoms with Crippen LogP contribution in [0.25, 0.3) is 10.9 Å². The average Bonchev–Trinajstić information content (AvgIpc) is 2.81. The van der Waals surface area contributed by atoms with E-state index in [1.807, 2.05) is 6.07 Å². The second kappa shape index (κ2) is 11.6. The number of unbranched alkanes of at least 4 members (excludes halogenated alkanes) is 4. The first-order chi connectivity index (χ1) is 15.7. The van der Waals surface area contributed by atoms with Gasteiger partial charge in [0.25, 0.3) is 0 Å². The molecule has 1 saturated heterocycles. The van der Waals surface area contributed by atoms with Crippen LogP contribution in [0.4, 0.5) is 14.5 Å². The van der Waals surface area contributed by atoms with Crippen LogP contribution in [-0.4, -0.2) is 36.9 Å². The molecule has 170 valence electrons. The molecule has 1 aromatic heterocycles. The second-order valence-electron chi connectivity index (χ2n) is 8.36. The van der Waals surface area contributed by atoms with Crippen molar-refractivity contribution in [2.45, 2.75) is 43.4 Å². The lowest BCUT2D eigenvalue weighted by Crippen LogP contribution is -2.43. The zero-order valence-electron chi connectivity index (χ0n) is 18.5. The van der Waals surface area contributed by atoms with Gasteiger partial charge in [0.15, 0.2) is 0 Å². The van der Waals surface area contributed by atoms with Crippen LogP contribution in [0, 0.1) is 11.6 Å². The third kappa shape index (κ3) is 6.20. The van der Waals surface area contributed by atoms with Crippen molar-refractivity contribution in [3.63, 3.8) is 0 Å². The number of halogens is 2. The Labute approximate surface area is 193 Å². The molecule has 3 aromatic rings. The number of fused-ring (bicyclic) bond motifs is 1. The molecule has 0 amide bonds. The fourth-order valence-electron chi connectivity index (χ4n) is 4.23. The van der Waals surface area contributed by atoms with Gasteiger partial charge in [-0.1, -0.05) is 31.4 Å². The van der Waals surface area contributed by atoms with Gasteiger partial charge >= 0.3 is 0 Å². The van der Waals surface area contributed by atoms with Crippen molar-refractivity contribution >= 4 is 28.4 Å². The number of hydrogen-bond donors (Lipinski definition) is 1. The summed E-state index contributed by atoms with van der Waals surface area (Å²) >= 11 is 1.63. The number of nitrogens with zero attached hydrogens (tertiary/aromatic N) is 2. The predicted molar refractivity (Wildman–Crippen MR) is 131 cm³/mol. The quantitative estimate of drug-likeness (QED) is 0.291. The van der Waals surface area contributed by atoms with E-state index >= 15 is 0 Å². The van der Waals surface area contributed by atoms with E-state index in [0.29, 0.717) is 10.9 Å². The summed E-state index contributed by atoms with van der Waals surface area (Å²) in [6, 6.07) is 13.1. The van der Waals surface area contributed by atoms with E-state index in [4.69, 9.17) is 0 Å². The van der Waals surface area contributed by atoms with Crippen LogP contribution in [0.15, 0.2) is 53.6 Å². The monoisotopic (exact) mass is 455 g/mol. The van der Waals surface area contributed by atoms with Crippen molar-refractivity contribution in [1.29, 1.82) is 0 Å². The fraction of sp³-hybridized carbons (Fsp3) is 0.423. The largest absolute Gasteiger partial charge is 0.369 e. The van der Waals surface area contributed by atoms with Gasteiger partial charge in [-0.25, -0.2) is 8.78 Å². The Kier molecular flexibility index (Phi) is 8.35. The van der Waals surface area contributed by atoms with E-state index < -0.39 is 11.6 Å². The molecule has 6 heteroatoms. The Morgan fingerprint density at radius 2 is 1.66 bits per heavy atom. The van der Waals surface area contributed by atoms with Crippen LogP contribution < -0.4 is 10.2 Å². The molecule has 3 nitrogen and oxygen atoms in total. The highest BCUT2D eigenvalue weighted by atomic mass is 32.2. The normalized spacial score (nSPS) is 14.2. The first-order valence-electron chi connectivity index (χ1n) is 11.6. The molecule has 1 aliphatic rings. The Morgan fingerprint density at radius 3 is 2.47 bits per heavy atom. The van der Waals surface area contributed by atoms with Crippen LogP contribution in [0.3, 0.4) is 0 Å². The third-order valence-electron chi connectivity index (χ3n) is 6.01. The number of pyridine rings is 1. The van der Waals surface area contributed by atoms with Crippen molar-refractivity contribution in [1.82, 2.24) is 10.3 Å². The lowest BCUT2D eigenvalue weighted by atomic mass is 10.0. The molecule has 1 aliphatic heterocycles. The van der Waals surface area contributed by atoms with Gasteiger partial charge in [0, 0.05) is 60.5 Å². The highest BCUT2D eigenvalue weighted by molar-refractivity contribution is 7.99. The van der Waals surface area contributed by atoms with Crippen molar-refractivity contribution in [3.05, 3.63) is 65.9 Å². The van der Waals surface area contributed by atoms with Gasteiger partial charge in [-0.3, -0.25) is 4.98 Å². The Bertz CT molecular complexity index is 1000. The summed E-state index contributed by atoms with van der Waals surface area (Å²) in [5, 5.41) is 3.83. The number of benzene rings is 2. The standard InChI is InChI=1S/C26H31F2N3S/c27-21-18-23(28)26-24(19-21)30-12-11-25(26)32-17-5-3-1-2-4-6-20-7-9-22(10-8-20)31-15-13-29-14-16-31/h7-12,18-19,29H,1-6,13-17H2. The zero-order valence-corrected chi connectivity index (χ0v) is 19.3. The lowest BCUT2D eigenvalue weighted by molar-refractivity contribution is 0.589. The van der Waals surface area contributed by atoms with Crippen molar-refractivity contribution < 1.29 is 8.78 Å². The summed E-state index contributed by atoms with van der Waals surface area (Å²) in [4.78, 5) is 7.39. The molecular weight excluding hydrogens is 424 g/mol. The SMILES string of the molecule is Fc1cc(F)c2c(SCCCCCCCc3ccc(N4CCNCC4)cc3)ccnc2c1. The lowest BCUT2D eigenvalue weighted by Gasteiger charge is -2.29.